The molecular weight excluding hydrogens is 278 g/mol. The average Bonchev–Trinajstić information content (AvgIpc) is 2.42. The Balaban J connectivity index is 1.67. The third-order valence-electron chi connectivity index (χ3n) is 4.13. The van der Waals surface area contributed by atoms with E-state index in [2.05, 4.69) is 11.4 Å². The molecule has 19 heavy (non-hydrogen) atoms. The molecule has 2 heterocycles. The molecule has 4 heteroatoms. The number of hydrogen-bond donors (Lipinski definition) is 1. The molecule has 1 aromatic rings. The summed E-state index contributed by atoms with van der Waals surface area (Å²) >= 11 is 8.27. The lowest BCUT2D eigenvalue weighted by molar-refractivity contribution is -0.0865. The Morgan fingerprint density at radius 3 is 2.84 bits per heavy atom. The summed E-state index contributed by atoms with van der Waals surface area (Å²) in [6.07, 6.45) is 4.57. The molecule has 3 rings (SSSR count). The number of hydrogen-bond acceptors (Lipinski definition) is 3. The topological polar surface area (TPSA) is 21.3 Å². The van der Waals surface area contributed by atoms with Gasteiger partial charge in [-0.2, -0.15) is 11.8 Å². The highest BCUT2D eigenvalue weighted by Gasteiger charge is 2.38. The molecule has 2 aliphatic rings. The van der Waals surface area contributed by atoms with Gasteiger partial charge in [0.25, 0.3) is 0 Å². The van der Waals surface area contributed by atoms with Crippen LogP contribution >= 0.6 is 23.4 Å². The fourth-order valence-electron chi connectivity index (χ4n) is 3.04. The largest absolute Gasteiger partial charge is 0.381 e. The van der Waals surface area contributed by atoms with Gasteiger partial charge in [-0.15, -0.1) is 0 Å². The molecule has 0 amide bonds. The van der Waals surface area contributed by atoms with Gasteiger partial charge in [-0.05, 0) is 49.3 Å². The maximum Gasteiger partial charge on any atom is 0.0717 e. The lowest BCUT2D eigenvalue weighted by Gasteiger charge is -2.43. The van der Waals surface area contributed by atoms with Gasteiger partial charge in [0.2, 0.25) is 0 Å². The lowest BCUT2D eigenvalue weighted by atomic mass is 9.85. The van der Waals surface area contributed by atoms with E-state index in [0.717, 1.165) is 30.2 Å². The second kappa shape index (κ2) is 5.94. The first kappa shape index (κ1) is 13.6. The van der Waals surface area contributed by atoms with Crippen molar-refractivity contribution < 1.29 is 4.74 Å². The van der Waals surface area contributed by atoms with Gasteiger partial charge in [0.15, 0.2) is 0 Å². The van der Waals surface area contributed by atoms with Crippen LogP contribution in [0.2, 0.25) is 5.02 Å². The Morgan fingerprint density at radius 1 is 1.26 bits per heavy atom. The number of rotatable bonds is 2. The number of anilines is 1. The summed E-state index contributed by atoms with van der Waals surface area (Å²) in [5, 5.41) is 4.41. The van der Waals surface area contributed by atoms with Crippen LogP contribution in [-0.2, 0) is 4.74 Å². The van der Waals surface area contributed by atoms with Gasteiger partial charge >= 0.3 is 0 Å². The van der Waals surface area contributed by atoms with E-state index >= 15 is 0 Å². The number of para-hydroxylation sites is 1. The Kier molecular flexibility index (Phi) is 4.25. The second-order valence-corrected chi connectivity index (χ2v) is 7.09. The van der Waals surface area contributed by atoms with E-state index in [1.54, 1.807) is 0 Å². The molecule has 0 radical (unpaired) electrons. The molecule has 1 spiro atoms. The standard InChI is InChI=1S/C15H20ClNOS/c16-13-3-1-2-4-14(13)17-12-5-8-18-15(11-12)6-9-19-10-7-15/h1-4,12,17H,5-11H2. The summed E-state index contributed by atoms with van der Waals surface area (Å²) in [6, 6.07) is 8.48. The van der Waals surface area contributed by atoms with E-state index in [9.17, 15) is 0 Å². The molecule has 0 bridgehead atoms. The van der Waals surface area contributed by atoms with E-state index < -0.39 is 0 Å². The van der Waals surface area contributed by atoms with Crippen LogP contribution in [0.3, 0.4) is 0 Å². The molecule has 2 nitrogen and oxygen atoms in total. The highest BCUT2D eigenvalue weighted by Crippen LogP contribution is 2.38. The van der Waals surface area contributed by atoms with Crippen molar-refractivity contribution in [3.63, 3.8) is 0 Å². The number of halogens is 1. The molecule has 1 atom stereocenters. The second-order valence-electron chi connectivity index (χ2n) is 5.46. The first-order valence-electron chi connectivity index (χ1n) is 7.00. The van der Waals surface area contributed by atoms with Gasteiger partial charge in [0.05, 0.1) is 16.3 Å². The van der Waals surface area contributed by atoms with Crippen molar-refractivity contribution in [3.05, 3.63) is 29.3 Å². The molecule has 1 N–H and O–H groups in total. The first-order chi connectivity index (χ1) is 9.27. The minimum Gasteiger partial charge on any atom is -0.381 e. The SMILES string of the molecule is Clc1ccccc1NC1CCOC2(CCSCC2)C1. The highest BCUT2D eigenvalue weighted by molar-refractivity contribution is 7.99. The number of benzene rings is 1. The molecule has 1 aromatic carbocycles. The average molecular weight is 298 g/mol. The Morgan fingerprint density at radius 2 is 2.05 bits per heavy atom. The molecule has 0 saturated carbocycles. The summed E-state index contributed by atoms with van der Waals surface area (Å²) in [4.78, 5) is 0. The van der Waals surface area contributed by atoms with E-state index in [0.29, 0.717) is 6.04 Å². The monoisotopic (exact) mass is 297 g/mol. The van der Waals surface area contributed by atoms with Gasteiger partial charge in [0, 0.05) is 12.6 Å². The van der Waals surface area contributed by atoms with Gasteiger partial charge in [-0.1, -0.05) is 23.7 Å². The predicted octanol–water partition coefficient (Wildman–Crippen LogP) is 4.20. The zero-order chi connectivity index (χ0) is 13.1. The maximum absolute atomic E-state index is 6.22. The van der Waals surface area contributed by atoms with Crippen molar-refractivity contribution >= 4 is 29.1 Å². The molecule has 1 unspecified atom stereocenters. The Hall–Kier alpha value is -0.380. The van der Waals surface area contributed by atoms with Crippen molar-refractivity contribution in [2.45, 2.75) is 37.3 Å². The minimum absolute atomic E-state index is 0.127. The van der Waals surface area contributed by atoms with Crippen LogP contribution in [0.4, 0.5) is 5.69 Å². The fourth-order valence-corrected chi connectivity index (χ4v) is 4.47. The third-order valence-corrected chi connectivity index (χ3v) is 5.45. The minimum atomic E-state index is 0.127. The third kappa shape index (κ3) is 3.21. The molecule has 2 saturated heterocycles. The first-order valence-corrected chi connectivity index (χ1v) is 8.53. The van der Waals surface area contributed by atoms with Crippen molar-refractivity contribution in [2.75, 3.05) is 23.4 Å². The summed E-state index contributed by atoms with van der Waals surface area (Å²) in [7, 11) is 0. The van der Waals surface area contributed by atoms with Crippen molar-refractivity contribution in [1.29, 1.82) is 0 Å². The smallest absolute Gasteiger partial charge is 0.0717 e. The van der Waals surface area contributed by atoms with Crippen molar-refractivity contribution in [1.82, 2.24) is 0 Å². The van der Waals surface area contributed by atoms with Crippen LogP contribution in [0.5, 0.6) is 0 Å². The van der Waals surface area contributed by atoms with E-state index in [1.807, 2.05) is 30.0 Å². The van der Waals surface area contributed by atoms with Crippen LogP contribution < -0.4 is 5.32 Å². The molecule has 2 aliphatic heterocycles. The Labute approximate surface area is 124 Å². The fraction of sp³-hybridized carbons (Fsp3) is 0.600. The molecule has 104 valence electrons. The van der Waals surface area contributed by atoms with Crippen molar-refractivity contribution in [2.24, 2.45) is 0 Å². The summed E-state index contributed by atoms with van der Waals surface area (Å²) in [5.41, 5.74) is 1.18. The quantitative estimate of drug-likeness (QED) is 0.884. The van der Waals surface area contributed by atoms with E-state index in [4.69, 9.17) is 16.3 Å². The van der Waals surface area contributed by atoms with Crippen molar-refractivity contribution in [3.8, 4) is 0 Å². The van der Waals surface area contributed by atoms with E-state index in [-0.39, 0.29) is 5.60 Å². The Bertz CT molecular complexity index is 428. The number of thioether (sulfide) groups is 1. The van der Waals surface area contributed by atoms with Gasteiger partial charge in [-0.3, -0.25) is 0 Å². The van der Waals surface area contributed by atoms with E-state index in [1.165, 1.54) is 24.3 Å². The number of nitrogens with one attached hydrogen (secondary N) is 1. The highest BCUT2D eigenvalue weighted by atomic mass is 35.5. The zero-order valence-corrected chi connectivity index (χ0v) is 12.6. The maximum atomic E-state index is 6.22. The van der Waals surface area contributed by atoms with Crippen LogP contribution in [0.15, 0.2) is 24.3 Å². The van der Waals surface area contributed by atoms with Crippen LogP contribution in [0, 0.1) is 0 Å². The van der Waals surface area contributed by atoms with Crippen LogP contribution in [-0.4, -0.2) is 29.8 Å². The predicted molar refractivity (Wildman–Crippen MR) is 83.3 cm³/mol. The molecule has 0 aliphatic carbocycles. The summed E-state index contributed by atoms with van der Waals surface area (Å²) in [6.45, 7) is 0.868. The molecule has 2 fully saturated rings. The van der Waals surface area contributed by atoms with Crippen LogP contribution in [0.1, 0.15) is 25.7 Å². The number of ether oxygens (including phenoxy) is 1. The molecular formula is C15H20ClNOS. The molecule has 0 aromatic heterocycles. The van der Waals surface area contributed by atoms with Crippen LogP contribution in [0.25, 0.3) is 0 Å². The zero-order valence-electron chi connectivity index (χ0n) is 11.0. The van der Waals surface area contributed by atoms with Gasteiger partial charge in [-0.25, -0.2) is 0 Å². The summed E-state index contributed by atoms with van der Waals surface area (Å²) in [5.74, 6) is 2.47. The summed E-state index contributed by atoms with van der Waals surface area (Å²) < 4.78 is 6.12. The lowest BCUT2D eigenvalue weighted by Crippen LogP contribution is -2.46. The van der Waals surface area contributed by atoms with Gasteiger partial charge < -0.3 is 10.1 Å². The van der Waals surface area contributed by atoms with Gasteiger partial charge in [0.1, 0.15) is 0 Å². The normalized spacial score (nSPS) is 26.3.